The highest BCUT2D eigenvalue weighted by Crippen LogP contribution is 2.06. The molecule has 0 aliphatic heterocycles. The van der Waals surface area contributed by atoms with E-state index in [2.05, 4.69) is 11.1 Å². The lowest BCUT2D eigenvalue weighted by Crippen LogP contribution is -2.11. The van der Waals surface area contributed by atoms with Gasteiger partial charge in [0.15, 0.2) is 0 Å². The van der Waals surface area contributed by atoms with E-state index in [1.54, 1.807) is 6.07 Å². The predicted octanol–water partition coefficient (Wildman–Crippen LogP) is 1.30. The summed E-state index contributed by atoms with van der Waals surface area (Å²) in [6.45, 7) is 3.97. The highest BCUT2D eigenvalue weighted by Gasteiger charge is 2.01. The lowest BCUT2D eigenvalue weighted by molar-refractivity contribution is 0.843. The van der Waals surface area contributed by atoms with Gasteiger partial charge in [0.25, 0.3) is 5.56 Å². The number of pyridine rings is 1. The van der Waals surface area contributed by atoms with Crippen molar-refractivity contribution < 1.29 is 0 Å². The van der Waals surface area contributed by atoms with Gasteiger partial charge in [-0.25, -0.2) is 0 Å². The molecule has 0 fully saturated rings. The van der Waals surface area contributed by atoms with E-state index in [4.69, 9.17) is 0 Å². The Labute approximate surface area is 59.9 Å². The average Bonchev–Trinajstić information content (AvgIpc) is 1.88. The van der Waals surface area contributed by atoms with E-state index >= 15 is 0 Å². The summed E-state index contributed by atoms with van der Waals surface area (Å²) in [6, 6.07) is 4.55. The Bertz CT molecular complexity index is 262. The van der Waals surface area contributed by atoms with Crippen molar-refractivity contribution in [3.63, 3.8) is 0 Å². The van der Waals surface area contributed by atoms with Crippen LogP contribution in [0, 0.1) is 6.07 Å². The summed E-state index contributed by atoms with van der Waals surface area (Å²) in [5.74, 6) is 0.279. The van der Waals surface area contributed by atoms with Gasteiger partial charge >= 0.3 is 0 Å². The fourth-order valence-corrected chi connectivity index (χ4v) is 0.816. The van der Waals surface area contributed by atoms with Crippen molar-refractivity contribution in [2.75, 3.05) is 0 Å². The molecule has 1 rings (SSSR count). The summed E-state index contributed by atoms with van der Waals surface area (Å²) < 4.78 is 0. The molecule has 0 saturated heterocycles. The minimum Gasteiger partial charge on any atom is -0.328 e. The number of aromatic amines is 1. The maximum Gasteiger partial charge on any atom is 0.251 e. The van der Waals surface area contributed by atoms with Gasteiger partial charge in [-0.15, -0.1) is 0 Å². The molecule has 53 valence electrons. The molecule has 1 N–H and O–H groups in total. The molecule has 1 aromatic rings. The third-order valence-corrected chi connectivity index (χ3v) is 1.41. The largest absolute Gasteiger partial charge is 0.328 e. The van der Waals surface area contributed by atoms with Gasteiger partial charge in [0.1, 0.15) is 0 Å². The summed E-state index contributed by atoms with van der Waals surface area (Å²) >= 11 is 0. The number of H-pyrrole nitrogens is 1. The molecule has 1 aromatic heterocycles. The summed E-state index contributed by atoms with van der Waals surface area (Å²) in [6.07, 6.45) is 1.52. The third-order valence-electron chi connectivity index (χ3n) is 1.41. The molecule has 10 heavy (non-hydrogen) atoms. The van der Waals surface area contributed by atoms with Crippen LogP contribution in [0.2, 0.25) is 0 Å². The molecule has 0 saturated carbocycles. The first-order valence-electron chi connectivity index (χ1n) is 3.30. The summed E-state index contributed by atoms with van der Waals surface area (Å²) in [5.41, 5.74) is 0.788. The Hall–Kier alpha value is -1.05. The van der Waals surface area contributed by atoms with Crippen LogP contribution in [0.1, 0.15) is 25.3 Å². The maximum absolute atomic E-state index is 11.0. The Morgan fingerprint density at radius 2 is 2.30 bits per heavy atom. The molecule has 2 nitrogen and oxygen atoms in total. The topological polar surface area (TPSA) is 32.9 Å². The molecule has 0 atom stereocenters. The standard InChI is InChI=1S/C8H10NO/c1-6(2)7-4-3-5-9-8(7)10/h4-6H,1-2H3,(H,9,10). The Morgan fingerprint density at radius 1 is 1.60 bits per heavy atom. The molecule has 0 aliphatic carbocycles. The van der Waals surface area contributed by atoms with Gasteiger partial charge in [-0.3, -0.25) is 4.79 Å². The minimum atomic E-state index is -0.00579. The normalized spacial score (nSPS) is 10.3. The quantitative estimate of drug-likeness (QED) is 0.620. The number of aromatic nitrogens is 1. The van der Waals surface area contributed by atoms with Crippen LogP contribution in [0.25, 0.3) is 0 Å². The summed E-state index contributed by atoms with van der Waals surface area (Å²) in [7, 11) is 0. The zero-order valence-electron chi connectivity index (χ0n) is 6.14. The second kappa shape index (κ2) is 2.69. The number of rotatable bonds is 1. The van der Waals surface area contributed by atoms with E-state index < -0.39 is 0 Å². The molecule has 0 unspecified atom stereocenters. The van der Waals surface area contributed by atoms with Crippen LogP contribution >= 0.6 is 0 Å². The Morgan fingerprint density at radius 3 is 2.70 bits per heavy atom. The van der Waals surface area contributed by atoms with Crippen LogP contribution in [0.5, 0.6) is 0 Å². The van der Waals surface area contributed by atoms with E-state index in [9.17, 15) is 4.79 Å². The molecule has 1 radical (unpaired) electrons. The lowest BCUT2D eigenvalue weighted by Gasteiger charge is -2.00. The van der Waals surface area contributed by atoms with Crippen LogP contribution in [0.4, 0.5) is 0 Å². The molecule has 0 aliphatic rings. The highest BCUT2D eigenvalue weighted by atomic mass is 16.1. The van der Waals surface area contributed by atoms with Gasteiger partial charge < -0.3 is 4.98 Å². The van der Waals surface area contributed by atoms with E-state index in [-0.39, 0.29) is 11.5 Å². The van der Waals surface area contributed by atoms with E-state index in [0.717, 1.165) is 5.56 Å². The van der Waals surface area contributed by atoms with Crippen molar-refractivity contribution in [3.05, 3.63) is 34.2 Å². The highest BCUT2D eigenvalue weighted by molar-refractivity contribution is 5.11. The zero-order valence-corrected chi connectivity index (χ0v) is 6.14. The molecule has 0 amide bonds. The fourth-order valence-electron chi connectivity index (χ4n) is 0.816. The van der Waals surface area contributed by atoms with Crippen molar-refractivity contribution in [1.82, 2.24) is 4.98 Å². The first kappa shape index (κ1) is 7.06. The molecule has 0 bridgehead atoms. The SMILES string of the molecule is CC(C)c1c[c]c[nH]c1=O. The fraction of sp³-hybridized carbons (Fsp3) is 0.375. The first-order chi connectivity index (χ1) is 4.72. The first-order valence-corrected chi connectivity index (χ1v) is 3.30. The van der Waals surface area contributed by atoms with Gasteiger partial charge in [-0.05, 0) is 18.1 Å². The summed E-state index contributed by atoms with van der Waals surface area (Å²) in [4.78, 5) is 13.6. The van der Waals surface area contributed by atoms with Crippen molar-refractivity contribution in [1.29, 1.82) is 0 Å². The van der Waals surface area contributed by atoms with Crippen molar-refractivity contribution in [3.8, 4) is 0 Å². The minimum absolute atomic E-state index is 0.00579. The second-order valence-electron chi connectivity index (χ2n) is 2.54. The molecule has 1 heterocycles. The van der Waals surface area contributed by atoms with Crippen LogP contribution < -0.4 is 5.56 Å². The van der Waals surface area contributed by atoms with Crippen molar-refractivity contribution >= 4 is 0 Å². The van der Waals surface area contributed by atoms with Crippen LogP contribution in [-0.4, -0.2) is 4.98 Å². The van der Waals surface area contributed by atoms with Crippen LogP contribution in [-0.2, 0) is 0 Å². The van der Waals surface area contributed by atoms with Gasteiger partial charge in [0.05, 0.1) is 0 Å². The molecule has 0 aromatic carbocycles. The Kier molecular flexibility index (Phi) is 1.90. The maximum atomic E-state index is 11.0. The van der Waals surface area contributed by atoms with Crippen molar-refractivity contribution in [2.45, 2.75) is 19.8 Å². The number of hydrogen-bond donors (Lipinski definition) is 1. The van der Waals surface area contributed by atoms with E-state index in [0.29, 0.717) is 0 Å². The lowest BCUT2D eigenvalue weighted by atomic mass is 10.1. The molecular formula is C8H10NO. The number of nitrogens with one attached hydrogen (secondary N) is 1. The monoisotopic (exact) mass is 136 g/mol. The molecular weight excluding hydrogens is 126 g/mol. The third kappa shape index (κ3) is 1.26. The van der Waals surface area contributed by atoms with Gasteiger partial charge in [-0.2, -0.15) is 0 Å². The predicted molar refractivity (Wildman–Crippen MR) is 40.0 cm³/mol. The van der Waals surface area contributed by atoms with Crippen LogP contribution in [0.3, 0.4) is 0 Å². The van der Waals surface area contributed by atoms with Crippen LogP contribution in [0.15, 0.2) is 17.1 Å². The average molecular weight is 136 g/mol. The smallest absolute Gasteiger partial charge is 0.251 e. The van der Waals surface area contributed by atoms with E-state index in [1.807, 2.05) is 13.8 Å². The summed E-state index contributed by atoms with van der Waals surface area (Å²) in [5, 5.41) is 0. The van der Waals surface area contributed by atoms with Gasteiger partial charge in [0.2, 0.25) is 0 Å². The van der Waals surface area contributed by atoms with Gasteiger partial charge in [-0.1, -0.05) is 13.8 Å². The second-order valence-corrected chi connectivity index (χ2v) is 2.54. The molecule has 0 spiro atoms. The van der Waals surface area contributed by atoms with Gasteiger partial charge in [0, 0.05) is 11.8 Å². The Balaban J connectivity index is 3.16. The van der Waals surface area contributed by atoms with E-state index in [1.165, 1.54) is 6.20 Å². The molecule has 2 heteroatoms. The van der Waals surface area contributed by atoms with Crippen molar-refractivity contribution in [2.24, 2.45) is 0 Å². The zero-order chi connectivity index (χ0) is 7.56. The number of hydrogen-bond acceptors (Lipinski definition) is 1.